The van der Waals surface area contributed by atoms with Gasteiger partial charge in [-0.1, -0.05) is 11.6 Å². The summed E-state index contributed by atoms with van der Waals surface area (Å²) in [6, 6.07) is 6.59. The van der Waals surface area contributed by atoms with Gasteiger partial charge >= 0.3 is 0 Å². The minimum Gasteiger partial charge on any atom is -0.493 e. The van der Waals surface area contributed by atoms with Crippen molar-refractivity contribution in [3.63, 3.8) is 0 Å². The topological polar surface area (TPSA) is 72.8 Å². The third-order valence-corrected chi connectivity index (χ3v) is 3.12. The summed E-state index contributed by atoms with van der Waals surface area (Å²) in [7, 11) is 3.05. The van der Waals surface area contributed by atoms with E-state index in [4.69, 9.17) is 21.1 Å². The van der Waals surface area contributed by atoms with Gasteiger partial charge in [0.1, 0.15) is 0 Å². The van der Waals surface area contributed by atoms with Crippen molar-refractivity contribution in [3.8, 4) is 11.5 Å². The number of methoxy groups -OCH3 is 2. The Bertz CT molecular complexity index is 690. The minimum absolute atomic E-state index is 0.360. The third kappa shape index (κ3) is 3.73. The van der Waals surface area contributed by atoms with Crippen LogP contribution < -0.4 is 14.9 Å². The lowest BCUT2D eigenvalue weighted by molar-refractivity contribution is 0.0955. The minimum atomic E-state index is -0.360. The summed E-state index contributed by atoms with van der Waals surface area (Å²) in [5.41, 5.74) is 3.40. The van der Waals surface area contributed by atoms with Gasteiger partial charge in [-0.3, -0.25) is 9.78 Å². The maximum absolute atomic E-state index is 11.8. The molecule has 7 heteroatoms. The Kier molecular flexibility index (Phi) is 5.32. The van der Waals surface area contributed by atoms with Gasteiger partial charge in [0.25, 0.3) is 5.91 Å². The molecule has 0 aliphatic heterocycles. The standard InChI is InChI=1S/C15H14ClN3O3/c1-21-13-6-11(12(16)7-14(13)22-2)9-18-19-15(20)10-4-3-5-17-8-10/h3-9H,1-2H3,(H,19,20). The maximum Gasteiger partial charge on any atom is 0.272 e. The van der Waals surface area contributed by atoms with E-state index in [9.17, 15) is 4.79 Å². The zero-order valence-electron chi connectivity index (χ0n) is 12.0. The molecule has 0 fully saturated rings. The van der Waals surface area contributed by atoms with Gasteiger partial charge in [0.15, 0.2) is 11.5 Å². The van der Waals surface area contributed by atoms with Crippen LogP contribution in [0.25, 0.3) is 0 Å². The number of hydrogen-bond donors (Lipinski definition) is 1. The molecule has 1 amide bonds. The van der Waals surface area contributed by atoms with E-state index in [0.29, 0.717) is 27.6 Å². The maximum atomic E-state index is 11.8. The van der Waals surface area contributed by atoms with Crippen molar-refractivity contribution >= 4 is 23.7 Å². The van der Waals surface area contributed by atoms with Gasteiger partial charge in [0.2, 0.25) is 0 Å². The number of pyridine rings is 1. The van der Waals surface area contributed by atoms with Crippen molar-refractivity contribution in [2.24, 2.45) is 5.10 Å². The average Bonchev–Trinajstić information content (AvgIpc) is 2.56. The van der Waals surface area contributed by atoms with E-state index in [0.717, 1.165) is 0 Å². The van der Waals surface area contributed by atoms with Crippen LogP contribution in [0, 0.1) is 0 Å². The Balaban J connectivity index is 2.12. The second-order valence-corrected chi connectivity index (χ2v) is 4.58. The molecular formula is C15H14ClN3O3. The number of ether oxygens (including phenoxy) is 2. The lowest BCUT2D eigenvalue weighted by atomic mass is 10.2. The first-order chi connectivity index (χ1) is 10.7. The summed E-state index contributed by atoms with van der Waals surface area (Å²) in [5, 5.41) is 4.30. The SMILES string of the molecule is COc1cc(Cl)c(C=NNC(=O)c2cccnc2)cc1OC. The molecule has 1 aromatic carbocycles. The molecule has 114 valence electrons. The summed E-state index contributed by atoms with van der Waals surface area (Å²) in [5.74, 6) is 0.678. The van der Waals surface area contributed by atoms with Crippen LogP contribution in [0.2, 0.25) is 5.02 Å². The molecule has 0 atom stereocenters. The molecule has 0 aliphatic rings. The summed E-state index contributed by atoms with van der Waals surface area (Å²) in [4.78, 5) is 15.7. The Morgan fingerprint density at radius 2 is 2.05 bits per heavy atom. The molecule has 2 rings (SSSR count). The summed E-state index contributed by atoms with van der Waals surface area (Å²) < 4.78 is 10.3. The number of nitrogens with zero attached hydrogens (tertiary/aromatic N) is 2. The molecule has 0 radical (unpaired) electrons. The van der Waals surface area contributed by atoms with Gasteiger partial charge in [-0.15, -0.1) is 0 Å². The molecule has 2 aromatic rings. The molecule has 1 aromatic heterocycles. The van der Waals surface area contributed by atoms with Crippen molar-refractivity contribution < 1.29 is 14.3 Å². The lowest BCUT2D eigenvalue weighted by Gasteiger charge is -2.09. The molecule has 0 saturated heterocycles. The average molecular weight is 320 g/mol. The number of carbonyl (C=O) groups excluding carboxylic acids is 1. The van der Waals surface area contributed by atoms with Gasteiger partial charge in [-0.05, 0) is 18.2 Å². The molecule has 1 N–H and O–H groups in total. The van der Waals surface area contributed by atoms with Crippen LogP contribution in [0.1, 0.15) is 15.9 Å². The fourth-order valence-electron chi connectivity index (χ4n) is 1.69. The van der Waals surface area contributed by atoms with Crippen LogP contribution in [0.15, 0.2) is 41.8 Å². The van der Waals surface area contributed by atoms with Gasteiger partial charge in [0, 0.05) is 24.0 Å². The first-order valence-corrected chi connectivity index (χ1v) is 6.68. The second kappa shape index (κ2) is 7.42. The number of aromatic nitrogens is 1. The largest absolute Gasteiger partial charge is 0.493 e. The Labute approximate surface area is 132 Å². The van der Waals surface area contributed by atoms with Gasteiger partial charge in [-0.25, -0.2) is 5.43 Å². The summed E-state index contributed by atoms with van der Waals surface area (Å²) >= 11 is 6.12. The number of halogens is 1. The van der Waals surface area contributed by atoms with E-state index in [2.05, 4.69) is 15.5 Å². The van der Waals surface area contributed by atoms with Crippen molar-refractivity contribution in [1.82, 2.24) is 10.4 Å². The Morgan fingerprint density at radius 3 is 2.68 bits per heavy atom. The predicted molar refractivity (Wildman–Crippen MR) is 83.9 cm³/mol. The van der Waals surface area contributed by atoms with E-state index < -0.39 is 0 Å². The predicted octanol–water partition coefficient (Wildman–Crippen LogP) is 2.52. The molecule has 6 nitrogen and oxygen atoms in total. The van der Waals surface area contributed by atoms with Crippen molar-refractivity contribution in [2.45, 2.75) is 0 Å². The highest BCUT2D eigenvalue weighted by atomic mass is 35.5. The van der Waals surface area contributed by atoms with Crippen LogP contribution in [-0.4, -0.2) is 31.3 Å². The van der Waals surface area contributed by atoms with Crippen molar-refractivity contribution in [1.29, 1.82) is 0 Å². The number of nitrogens with one attached hydrogen (secondary N) is 1. The third-order valence-electron chi connectivity index (χ3n) is 2.80. The molecule has 0 spiro atoms. The normalized spacial score (nSPS) is 10.5. The smallest absolute Gasteiger partial charge is 0.272 e. The van der Waals surface area contributed by atoms with E-state index >= 15 is 0 Å². The summed E-state index contributed by atoms with van der Waals surface area (Å²) in [6.07, 6.45) is 4.47. The van der Waals surface area contributed by atoms with E-state index in [1.807, 2.05) is 0 Å². The zero-order chi connectivity index (χ0) is 15.9. The lowest BCUT2D eigenvalue weighted by Crippen LogP contribution is -2.17. The van der Waals surface area contributed by atoms with Gasteiger partial charge < -0.3 is 9.47 Å². The molecule has 0 bridgehead atoms. The number of rotatable bonds is 5. The van der Waals surface area contributed by atoms with Crippen LogP contribution in [0.3, 0.4) is 0 Å². The first-order valence-electron chi connectivity index (χ1n) is 6.30. The Hall–Kier alpha value is -2.60. The number of amides is 1. The van der Waals surface area contributed by atoms with E-state index in [-0.39, 0.29) is 5.91 Å². The molecule has 0 unspecified atom stereocenters. The van der Waals surface area contributed by atoms with Crippen molar-refractivity contribution in [3.05, 3.63) is 52.8 Å². The van der Waals surface area contributed by atoms with Gasteiger partial charge in [0.05, 0.1) is 31.0 Å². The van der Waals surface area contributed by atoms with Crippen molar-refractivity contribution in [2.75, 3.05) is 14.2 Å². The molecule has 1 heterocycles. The first kappa shape index (κ1) is 15.8. The number of hydrazone groups is 1. The highest BCUT2D eigenvalue weighted by Gasteiger charge is 2.09. The van der Waals surface area contributed by atoms with Crippen LogP contribution >= 0.6 is 11.6 Å². The summed E-state index contributed by atoms with van der Waals surface area (Å²) in [6.45, 7) is 0. The number of carbonyl (C=O) groups is 1. The zero-order valence-corrected chi connectivity index (χ0v) is 12.8. The second-order valence-electron chi connectivity index (χ2n) is 4.17. The highest BCUT2D eigenvalue weighted by Crippen LogP contribution is 2.32. The number of benzene rings is 1. The van der Waals surface area contributed by atoms with Crippen LogP contribution in [0.5, 0.6) is 11.5 Å². The molecule has 0 aliphatic carbocycles. The van der Waals surface area contributed by atoms with E-state index in [1.54, 1.807) is 30.5 Å². The fourth-order valence-corrected chi connectivity index (χ4v) is 1.89. The molecule has 22 heavy (non-hydrogen) atoms. The monoisotopic (exact) mass is 319 g/mol. The van der Waals surface area contributed by atoms with E-state index in [1.165, 1.54) is 26.6 Å². The van der Waals surface area contributed by atoms with Crippen LogP contribution in [-0.2, 0) is 0 Å². The number of hydrogen-bond acceptors (Lipinski definition) is 5. The van der Waals surface area contributed by atoms with Gasteiger partial charge in [-0.2, -0.15) is 5.10 Å². The highest BCUT2D eigenvalue weighted by molar-refractivity contribution is 6.33. The van der Waals surface area contributed by atoms with Crippen LogP contribution in [0.4, 0.5) is 0 Å². The Morgan fingerprint density at radius 1 is 1.32 bits per heavy atom. The quantitative estimate of drug-likeness (QED) is 0.679. The molecule has 0 saturated carbocycles. The fraction of sp³-hybridized carbons (Fsp3) is 0.133. The molecular weight excluding hydrogens is 306 g/mol.